The number of halogens is 1. The lowest BCUT2D eigenvalue weighted by atomic mass is 10.2. The largest absolute Gasteiger partial charge is 0.437 e. The maximum absolute atomic E-state index is 10.5. The number of hydrogen-bond donors (Lipinski definition) is 0. The topological polar surface area (TPSA) is 79.8 Å². The number of pyridine rings is 1. The van der Waals surface area contributed by atoms with Crippen molar-refractivity contribution >= 4 is 24.0 Å². The average molecular weight is 274 g/mol. The predicted octanol–water partition coefficient (Wildman–Crippen LogP) is 2.86. The first-order valence-corrected chi connectivity index (χ1v) is 5.68. The summed E-state index contributed by atoms with van der Waals surface area (Å²) in [7, 11) is 0. The van der Waals surface area contributed by atoms with Gasteiger partial charge in [0.25, 0.3) is 0 Å². The number of nitrogens with zero attached hydrogens (tertiary/aromatic N) is 3. The zero-order chi connectivity index (χ0) is 13.8. The van der Waals surface area contributed by atoms with Gasteiger partial charge in [0.05, 0.1) is 11.8 Å². The van der Waals surface area contributed by atoms with Gasteiger partial charge in [0.2, 0.25) is 5.89 Å². The molecule has 0 atom stereocenters. The summed E-state index contributed by atoms with van der Waals surface area (Å²) in [6.45, 7) is 1.65. The molecule has 2 aromatic heterocycles. The molecular formula is C13H8ClN3O2. The van der Waals surface area contributed by atoms with Crippen LogP contribution in [0, 0.1) is 11.3 Å². The molecular weight excluding hydrogens is 266 g/mol. The third-order valence-electron chi connectivity index (χ3n) is 2.29. The summed E-state index contributed by atoms with van der Waals surface area (Å²) in [5, 5.41) is 8.87. The van der Waals surface area contributed by atoms with E-state index in [-0.39, 0.29) is 10.8 Å². The van der Waals surface area contributed by atoms with Gasteiger partial charge >= 0.3 is 0 Å². The summed E-state index contributed by atoms with van der Waals surface area (Å²) in [6.07, 6.45) is 3.71. The summed E-state index contributed by atoms with van der Waals surface area (Å²) in [5.74, 6) is 0.729. The standard InChI is InChI=1S/C13H8ClN3O2/c1-8(7-18)4-12-16-6-11(19-12)10-3-2-9(5-15)17-13(10)14/h2-4,6-7H,1H3. The average Bonchev–Trinajstić information content (AvgIpc) is 2.86. The number of nitriles is 1. The highest BCUT2D eigenvalue weighted by molar-refractivity contribution is 6.32. The Labute approximate surface area is 114 Å². The Balaban J connectivity index is 2.39. The van der Waals surface area contributed by atoms with Gasteiger partial charge < -0.3 is 4.42 Å². The Morgan fingerprint density at radius 1 is 1.53 bits per heavy atom. The molecule has 0 radical (unpaired) electrons. The molecule has 0 fully saturated rings. The minimum atomic E-state index is 0.165. The van der Waals surface area contributed by atoms with Crippen LogP contribution < -0.4 is 0 Å². The van der Waals surface area contributed by atoms with Crippen molar-refractivity contribution in [2.75, 3.05) is 0 Å². The molecule has 0 amide bonds. The summed E-state index contributed by atoms with van der Waals surface area (Å²) < 4.78 is 5.44. The summed E-state index contributed by atoms with van der Waals surface area (Å²) in [5.41, 5.74) is 1.26. The van der Waals surface area contributed by atoms with Gasteiger partial charge in [-0.2, -0.15) is 5.26 Å². The van der Waals surface area contributed by atoms with Gasteiger partial charge in [-0.3, -0.25) is 4.79 Å². The molecule has 0 aliphatic heterocycles. The van der Waals surface area contributed by atoms with Crippen molar-refractivity contribution in [3.05, 3.63) is 40.6 Å². The van der Waals surface area contributed by atoms with E-state index in [0.717, 1.165) is 0 Å². The molecule has 0 unspecified atom stereocenters. The molecule has 2 rings (SSSR count). The van der Waals surface area contributed by atoms with Crippen molar-refractivity contribution in [2.24, 2.45) is 0 Å². The molecule has 5 nitrogen and oxygen atoms in total. The first-order valence-electron chi connectivity index (χ1n) is 5.30. The Bertz CT molecular complexity index is 698. The molecule has 94 valence electrons. The van der Waals surface area contributed by atoms with Gasteiger partial charge in [-0.15, -0.1) is 0 Å². The van der Waals surface area contributed by atoms with Crippen LogP contribution >= 0.6 is 11.6 Å². The van der Waals surface area contributed by atoms with E-state index in [1.165, 1.54) is 18.3 Å². The Kier molecular flexibility index (Phi) is 3.74. The van der Waals surface area contributed by atoms with Crippen LogP contribution in [0.1, 0.15) is 18.5 Å². The Hall–Kier alpha value is -2.45. The van der Waals surface area contributed by atoms with Crippen molar-refractivity contribution in [3.8, 4) is 17.4 Å². The summed E-state index contributed by atoms with van der Waals surface area (Å²) >= 11 is 5.96. The van der Waals surface area contributed by atoms with E-state index in [1.807, 2.05) is 6.07 Å². The van der Waals surface area contributed by atoms with Crippen molar-refractivity contribution < 1.29 is 9.21 Å². The van der Waals surface area contributed by atoms with Gasteiger partial charge in [0, 0.05) is 6.08 Å². The number of carbonyl (C=O) groups excluding carboxylic acids is 1. The van der Waals surface area contributed by atoms with E-state index in [0.29, 0.717) is 29.1 Å². The van der Waals surface area contributed by atoms with Crippen LogP contribution in [0.4, 0.5) is 0 Å². The maximum Gasteiger partial charge on any atom is 0.219 e. The van der Waals surface area contributed by atoms with Crippen LogP contribution in [0.5, 0.6) is 0 Å². The van der Waals surface area contributed by atoms with Crippen molar-refractivity contribution in [1.82, 2.24) is 9.97 Å². The smallest absolute Gasteiger partial charge is 0.219 e. The third kappa shape index (κ3) is 2.87. The second kappa shape index (κ2) is 5.46. The van der Waals surface area contributed by atoms with E-state index in [2.05, 4.69) is 9.97 Å². The quantitative estimate of drug-likeness (QED) is 0.488. The van der Waals surface area contributed by atoms with Crippen molar-refractivity contribution in [3.63, 3.8) is 0 Å². The van der Waals surface area contributed by atoms with E-state index in [4.69, 9.17) is 21.3 Å². The highest BCUT2D eigenvalue weighted by Gasteiger charge is 2.11. The van der Waals surface area contributed by atoms with Crippen LogP contribution in [0.25, 0.3) is 17.4 Å². The SMILES string of the molecule is CC(C=O)=Cc1ncc(-c2ccc(C#N)nc2Cl)o1. The number of aromatic nitrogens is 2. The molecule has 0 spiro atoms. The van der Waals surface area contributed by atoms with Crippen LogP contribution in [-0.2, 0) is 4.79 Å². The molecule has 0 aliphatic carbocycles. The fourth-order valence-corrected chi connectivity index (χ4v) is 1.64. The highest BCUT2D eigenvalue weighted by Crippen LogP contribution is 2.27. The monoisotopic (exact) mass is 273 g/mol. The first kappa shape index (κ1) is 13.0. The predicted molar refractivity (Wildman–Crippen MR) is 69.2 cm³/mol. The summed E-state index contributed by atoms with van der Waals surface area (Å²) in [6, 6.07) is 5.07. The van der Waals surface area contributed by atoms with Crippen molar-refractivity contribution in [2.45, 2.75) is 6.92 Å². The highest BCUT2D eigenvalue weighted by atomic mass is 35.5. The lowest BCUT2D eigenvalue weighted by molar-refractivity contribution is -0.104. The second-order valence-electron chi connectivity index (χ2n) is 3.72. The van der Waals surface area contributed by atoms with Crippen molar-refractivity contribution in [1.29, 1.82) is 5.26 Å². The molecule has 0 aromatic carbocycles. The Morgan fingerprint density at radius 2 is 2.32 bits per heavy atom. The minimum Gasteiger partial charge on any atom is -0.437 e. The lowest BCUT2D eigenvalue weighted by Crippen LogP contribution is -1.85. The van der Waals surface area contributed by atoms with Crippen LogP contribution in [0.3, 0.4) is 0 Å². The van der Waals surface area contributed by atoms with E-state index in [9.17, 15) is 4.79 Å². The molecule has 0 N–H and O–H groups in total. The number of oxazole rings is 1. The number of allylic oxidation sites excluding steroid dienone is 1. The van der Waals surface area contributed by atoms with E-state index in [1.54, 1.807) is 13.0 Å². The van der Waals surface area contributed by atoms with Crippen LogP contribution in [-0.4, -0.2) is 16.3 Å². The van der Waals surface area contributed by atoms with Crippen LogP contribution in [0.2, 0.25) is 5.15 Å². The molecule has 0 bridgehead atoms. The number of carbonyl (C=O) groups is 1. The zero-order valence-electron chi connectivity index (χ0n) is 9.92. The third-order valence-corrected chi connectivity index (χ3v) is 2.58. The minimum absolute atomic E-state index is 0.165. The fourth-order valence-electron chi connectivity index (χ4n) is 1.39. The molecule has 0 saturated carbocycles. The second-order valence-corrected chi connectivity index (χ2v) is 4.07. The van der Waals surface area contributed by atoms with Gasteiger partial charge in [0.1, 0.15) is 23.2 Å². The van der Waals surface area contributed by atoms with E-state index >= 15 is 0 Å². The molecule has 2 heterocycles. The Morgan fingerprint density at radius 3 is 2.95 bits per heavy atom. The lowest BCUT2D eigenvalue weighted by Gasteiger charge is -1.98. The molecule has 2 aromatic rings. The normalized spacial score (nSPS) is 11.1. The molecule has 19 heavy (non-hydrogen) atoms. The summed E-state index contributed by atoms with van der Waals surface area (Å²) in [4.78, 5) is 18.4. The van der Waals surface area contributed by atoms with Gasteiger partial charge in [-0.05, 0) is 24.6 Å². The first-order chi connectivity index (χ1) is 9.13. The number of rotatable bonds is 3. The van der Waals surface area contributed by atoms with Gasteiger partial charge in [-0.1, -0.05) is 11.6 Å². The molecule has 0 aliphatic rings. The molecule has 0 saturated heterocycles. The van der Waals surface area contributed by atoms with Crippen LogP contribution in [0.15, 0.2) is 28.3 Å². The number of hydrogen-bond acceptors (Lipinski definition) is 5. The fraction of sp³-hybridized carbons (Fsp3) is 0.0769. The maximum atomic E-state index is 10.5. The van der Waals surface area contributed by atoms with E-state index < -0.39 is 0 Å². The number of aldehydes is 1. The van der Waals surface area contributed by atoms with Gasteiger partial charge in [0.15, 0.2) is 5.76 Å². The van der Waals surface area contributed by atoms with Gasteiger partial charge in [-0.25, -0.2) is 9.97 Å². The molecule has 6 heteroatoms. The zero-order valence-corrected chi connectivity index (χ0v) is 10.7.